The van der Waals surface area contributed by atoms with Gasteiger partial charge in [-0.25, -0.2) is 0 Å². The van der Waals surface area contributed by atoms with Gasteiger partial charge in [0.2, 0.25) is 0 Å². The number of hydrogen-bond donors (Lipinski definition) is 2. The predicted octanol–water partition coefficient (Wildman–Crippen LogP) is 3.85. The molecular formula is C17H30N2S. The van der Waals surface area contributed by atoms with Gasteiger partial charge in [0.1, 0.15) is 0 Å². The first-order chi connectivity index (χ1) is 9.50. The lowest BCUT2D eigenvalue weighted by molar-refractivity contribution is -0.0711. The molecule has 0 aliphatic heterocycles. The fraction of sp³-hybridized carbons (Fsp3) is 0.941. The number of thiocarbonyl (C=S) groups is 1. The molecule has 1 atom stereocenters. The Kier molecular flexibility index (Phi) is 4.00. The molecule has 0 spiro atoms. The van der Waals surface area contributed by atoms with Crippen LogP contribution < -0.4 is 10.6 Å². The van der Waals surface area contributed by atoms with Crippen LogP contribution in [0, 0.1) is 23.2 Å². The molecule has 4 aliphatic carbocycles. The third-order valence-corrected chi connectivity index (χ3v) is 6.19. The molecule has 2 N–H and O–H groups in total. The van der Waals surface area contributed by atoms with Gasteiger partial charge in [-0.2, -0.15) is 0 Å². The molecule has 4 aliphatic rings. The lowest BCUT2D eigenvalue weighted by atomic mass is 9.47. The van der Waals surface area contributed by atoms with Crippen molar-refractivity contribution in [2.45, 2.75) is 77.8 Å². The Morgan fingerprint density at radius 3 is 1.95 bits per heavy atom. The summed E-state index contributed by atoms with van der Waals surface area (Å²) in [5.74, 6) is 3.05. The van der Waals surface area contributed by atoms with Crippen LogP contribution >= 0.6 is 12.2 Å². The van der Waals surface area contributed by atoms with Crippen molar-refractivity contribution in [3.05, 3.63) is 0 Å². The molecule has 114 valence electrons. The van der Waals surface area contributed by atoms with E-state index in [1.807, 2.05) is 0 Å². The fourth-order valence-electron chi connectivity index (χ4n) is 5.75. The van der Waals surface area contributed by atoms with Crippen molar-refractivity contribution in [2.75, 3.05) is 0 Å². The molecule has 4 bridgehead atoms. The molecular weight excluding hydrogens is 264 g/mol. The summed E-state index contributed by atoms with van der Waals surface area (Å²) < 4.78 is 0. The molecule has 0 aromatic heterocycles. The topological polar surface area (TPSA) is 24.1 Å². The van der Waals surface area contributed by atoms with Crippen LogP contribution in [0.3, 0.4) is 0 Å². The molecule has 0 aromatic carbocycles. The lowest BCUT2D eigenvalue weighted by Gasteiger charge is -2.59. The van der Waals surface area contributed by atoms with Crippen LogP contribution in [0.1, 0.15) is 65.7 Å². The molecule has 20 heavy (non-hydrogen) atoms. The monoisotopic (exact) mass is 294 g/mol. The van der Waals surface area contributed by atoms with Crippen LogP contribution in [0.25, 0.3) is 0 Å². The quantitative estimate of drug-likeness (QED) is 0.770. The van der Waals surface area contributed by atoms with E-state index in [4.69, 9.17) is 12.2 Å². The summed E-state index contributed by atoms with van der Waals surface area (Å²) in [6.07, 6.45) is 10.1. The zero-order valence-electron chi connectivity index (χ0n) is 13.2. The Morgan fingerprint density at radius 2 is 1.55 bits per heavy atom. The Morgan fingerprint density at radius 1 is 1.05 bits per heavy atom. The largest absolute Gasteiger partial charge is 0.361 e. The Hall–Kier alpha value is -0.310. The fourth-order valence-corrected chi connectivity index (χ4v) is 6.13. The first kappa shape index (κ1) is 14.6. The van der Waals surface area contributed by atoms with Crippen molar-refractivity contribution in [3.8, 4) is 0 Å². The van der Waals surface area contributed by atoms with Crippen LogP contribution in [0.2, 0.25) is 0 Å². The molecule has 0 heterocycles. The lowest BCUT2D eigenvalue weighted by Crippen LogP contribution is -2.58. The van der Waals surface area contributed by atoms with Crippen molar-refractivity contribution < 1.29 is 0 Å². The van der Waals surface area contributed by atoms with Gasteiger partial charge in [0, 0.05) is 12.1 Å². The minimum atomic E-state index is 0.420. The standard InChI is InChI=1S/C17H30N2S/c1-4-15(19-16(20)18-11(2)3)17-8-12-5-13(9-17)7-14(6-12)10-17/h11-15H,4-10H2,1-3H3,(H2,18,19,20). The van der Waals surface area contributed by atoms with E-state index in [9.17, 15) is 0 Å². The highest BCUT2D eigenvalue weighted by Gasteiger charge is 2.53. The summed E-state index contributed by atoms with van der Waals surface area (Å²) in [6.45, 7) is 6.63. The highest BCUT2D eigenvalue weighted by Crippen LogP contribution is 2.61. The minimum absolute atomic E-state index is 0.420. The molecule has 4 saturated carbocycles. The van der Waals surface area contributed by atoms with E-state index in [1.54, 1.807) is 0 Å². The van der Waals surface area contributed by atoms with Gasteiger partial charge >= 0.3 is 0 Å². The first-order valence-corrected chi connectivity index (χ1v) is 8.98. The zero-order valence-corrected chi connectivity index (χ0v) is 14.1. The van der Waals surface area contributed by atoms with Crippen LogP contribution in [0.4, 0.5) is 0 Å². The Balaban J connectivity index is 1.70. The smallest absolute Gasteiger partial charge is 0.166 e. The molecule has 1 unspecified atom stereocenters. The van der Waals surface area contributed by atoms with E-state index < -0.39 is 0 Å². The molecule has 2 nitrogen and oxygen atoms in total. The maximum atomic E-state index is 5.51. The van der Waals surface area contributed by atoms with Crippen LogP contribution in [0.15, 0.2) is 0 Å². The second-order valence-corrected chi connectivity index (χ2v) is 8.42. The summed E-state index contributed by atoms with van der Waals surface area (Å²) >= 11 is 5.51. The first-order valence-electron chi connectivity index (χ1n) is 8.58. The summed E-state index contributed by atoms with van der Waals surface area (Å²) in [5.41, 5.74) is 0.548. The average Bonchev–Trinajstić information content (AvgIpc) is 2.33. The maximum absolute atomic E-state index is 5.51. The normalized spacial score (nSPS) is 39.9. The van der Waals surface area contributed by atoms with E-state index in [2.05, 4.69) is 31.4 Å². The third kappa shape index (κ3) is 2.70. The highest BCUT2D eigenvalue weighted by molar-refractivity contribution is 7.80. The van der Waals surface area contributed by atoms with Crippen molar-refractivity contribution in [1.29, 1.82) is 0 Å². The van der Waals surface area contributed by atoms with Crippen LogP contribution in [-0.2, 0) is 0 Å². The SMILES string of the molecule is CCC(NC(=S)NC(C)C)C12CC3CC(CC(C3)C1)C2. The van der Waals surface area contributed by atoms with Crippen molar-refractivity contribution in [2.24, 2.45) is 23.2 Å². The number of rotatable bonds is 4. The summed E-state index contributed by atoms with van der Waals surface area (Å²) in [7, 11) is 0. The van der Waals surface area contributed by atoms with E-state index in [0.717, 1.165) is 22.9 Å². The van der Waals surface area contributed by atoms with Gasteiger partial charge in [0.25, 0.3) is 0 Å². The zero-order chi connectivity index (χ0) is 14.3. The summed E-state index contributed by atoms with van der Waals surface area (Å²) in [6, 6.07) is 0.999. The molecule has 0 aromatic rings. The third-order valence-electron chi connectivity index (χ3n) is 5.96. The van der Waals surface area contributed by atoms with Crippen molar-refractivity contribution >= 4 is 17.3 Å². The predicted molar refractivity (Wildman–Crippen MR) is 88.7 cm³/mol. The number of nitrogens with one attached hydrogen (secondary N) is 2. The maximum Gasteiger partial charge on any atom is 0.166 e. The van der Waals surface area contributed by atoms with Gasteiger partial charge in [0.05, 0.1) is 0 Å². The molecule has 0 radical (unpaired) electrons. The van der Waals surface area contributed by atoms with Gasteiger partial charge in [-0.05, 0) is 94.2 Å². The van der Waals surface area contributed by atoms with Gasteiger partial charge < -0.3 is 10.6 Å². The van der Waals surface area contributed by atoms with Gasteiger partial charge in [0.15, 0.2) is 5.11 Å². The molecule has 3 heteroatoms. The summed E-state index contributed by atoms with van der Waals surface area (Å²) in [4.78, 5) is 0. The molecule has 0 saturated heterocycles. The molecule has 4 rings (SSSR count). The van der Waals surface area contributed by atoms with E-state index in [0.29, 0.717) is 17.5 Å². The van der Waals surface area contributed by atoms with Crippen molar-refractivity contribution in [3.63, 3.8) is 0 Å². The second kappa shape index (κ2) is 5.47. The van der Waals surface area contributed by atoms with Gasteiger partial charge in [-0.15, -0.1) is 0 Å². The highest BCUT2D eigenvalue weighted by atomic mass is 32.1. The van der Waals surface area contributed by atoms with E-state index in [-0.39, 0.29) is 0 Å². The number of hydrogen-bond acceptors (Lipinski definition) is 1. The van der Waals surface area contributed by atoms with Crippen LogP contribution in [-0.4, -0.2) is 17.2 Å². The van der Waals surface area contributed by atoms with Crippen molar-refractivity contribution in [1.82, 2.24) is 10.6 Å². The van der Waals surface area contributed by atoms with Crippen LogP contribution in [0.5, 0.6) is 0 Å². The Bertz CT molecular complexity index is 342. The van der Waals surface area contributed by atoms with E-state index >= 15 is 0 Å². The summed E-state index contributed by atoms with van der Waals surface area (Å²) in [5, 5.41) is 7.90. The van der Waals surface area contributed by atoms with Gasteiger partial charge in [-0.1, -0.05) is 6.92 Å². The van der Waals surface area contributed by atoms with Gasteiger partial charge in [-0.3, -0.25) is 0 Å². The minimum Gasteiger partial charge on any atom is -0.361 e. The molecule has 0 amide bonds. The molecule has 4 fully saturated rings. The average molecular weight is 295 g/mol. The second-order valence-electron chi connectivity index (χ2n) is 8.01. The Labute approximate surface area is 129 Å². The van der Waals surface area contributed by atoms with E-state index in [1.165, 1.54) is 44.9 Å².